The van der Waals surface area contributed by atoms with Gasteiger partial charge in [-0.3, -0.25) is 9.59 Å². The Hall–Kier alpha value is -3.32. The predicted octanol–water partition coefficient (Wildman–Crippen LogP) is 3.24. The van der Waals surface area contributed by atoms with Crippen molar-refractivity contribution in [3.63, 3.8) is 0 Å². The van der Waals surface area contributed by atoms with E-state index in [0.717, 1.165) is 27.8 Å². The second kappa shape index (κ2) is 11.3. The van der Waals surface area contributed by atoms with Crippen LogP contribution >= 0.6 is 0 Å². The lowest BCUT2D eigenvalue weighted by Crippen LogP contribution is -2.43. The van der Waals surface area contributed by atoms with E-state index in [-0.39, 0.29) is 18.4 Å². The molecule has 0 aliphatic rings. The number of nitrogens with one attached hydrogen (secondary N) is 1. The molecule has 1 N–H and O–H groups in total. The number of hydrogen-bond donors (Lipinski definition) is 1. The zero-order chi connectivity index (χ0) is 22.9. The summed E-state index contributed by atoms with van der Waals surface area (Å²) in [7, 11) is 3.20. The number of hydrogen-bond acceptors (Lipinski definition) is 4. The molecule has 3 rings (SSSR count). The van der Waals surface area contributed by atoms with Crippen LogP contribution < -0.4 is 4.74 Å². The van der Waals surface area contributed by atoms with Crippen molar-refractivity contribution in [1.29, 1.82) is 0 Å². The summed E-state index contributed by atoms with van der Waals surface area (Å²) < 4.78 is 10.6. The smallest absolute Gasteiger partial charge is 0.242 e. The maximum absolute atomic E-state index is 13.3. The number of carbonyl (C=O) groups is 2. The molecule has 7 heteroatoms. The van der Waals surface area contributed by atoms with E-state index in [9.17, 15) is 9.59 Å². The van der Waals surface area contributed by atoms with Crippen LogP contribution in [0, 0.1) is 0 Å². The molecule has 0 aliphatic carbocycles. The highest BCUT2D eigenvalue weighted by molar-refractivity contribution is 5.85. The van der Waals surface area contributed by atoms with Gasteiger partial charge in [-0.05, 0) is 24.1 Å². The number of H-pyrrole nitrogens is 1. The molecular formula is C25H31N3O4. The Bertz CT molecular complexity index is 1050. The fraction of sp³-hybridized carbons (Fsp3) is 0.360. The molecule has 0 spiro atoms. The van der Waals surface area contributed by atoms with Crippen molar-refractivity contribution < 1.29 is 19.1 Å². The van der Waals surface area contributed by atoms with Crippen molar-refractivity contribution in [2.75, 3.05) is 40.5 Å². The quantitative estimate of drug-likeness (QED) is 0.500. The monoisotopic (exact) mass is 437 g/mol. The van der Waals surface area contributed by atoms with Gasteiger partial charge in [0.05, 0.1) is 20.3 Å². The fourth-order valence-corrected chi connectivity index (χ4v) is 3.74. The number of fused-ring (bicyclic) bond motifs is 1. The lowest BCUT2D eigenvalue weighted by atomic mass is 10.1. The number of aromatic nitrogens is 1. The van der Waals surface area contributed by atoms with E-state index in [4.69, 9.17) is 9.47 Å². The summed E-state index contributed by atoms with van der Waals surface area (Å²) in [5, 5.41) is 1.16. The van der Waals surface area contributed by atoms with Crippen LogP contribution in [0.1, 0.15) is 18.1 Å². The summed E-state index contributed by atoms with van der Waals surface area (Å²) in [5.74, 6) is 0.478. The first-order valence-corrected chi connectivity index (χ1v) is 10.7. The van der Waals surface area contributed by atoms with Gasteiger partial charge in [0.2, 0.25) is 11.8 Å². The van der Waals surface area contributed by atoms with Crippen molar-refractivity contribution in [3.05, 3.63) is 65.9 Å². The molecule has 3 aromatic rings. The first-order chi connectivity index (χ1) is 15.5. The third-order valence-corrected chi connectivity index (χ3v) is 5.57. The second-order valence-corrected chi connectivity index (χ2v) is 7.67. The highest BCUT2D eigenvalue weighted by atomic mass is 16.5. The third-order valence-electron chi connectivity index (χ3n) is 5.57. The van der Waals surface area contributed by atoms with Crippen LogP contribution in [0.2, 0.25) is 0 Å². The van der Waals surface area contributed by atoms with E-state index in [0.29, 0.717) is 32.7 Å². The summed E-state index contributed by atoms with van der Waals surface area (Å²) in [6, 6.07) is 15.8. The number of benzene rings is 2. The molecule has 0 bridgehead atoms. The van der Waals surface area contributed by atoms with Gasteiger partial charge in [0, 0.05) is 56.3 Å². The van der Waals surface area contributed by atoms with Gasteiger partial charge in [-0.2, -0.15) is 0 Å². The summed E-state index contributed by atoms with van der Waals surface area (Å²) >= 11 is 0. The number of methoxy groups -OCH3 is 2. The van der Waals surface area contributed by atoms with Crippen LogP contribution in [0.25, 0.3) is 10.9 Å². The van der Waals surface area contributed by atoms with Crippen LogP contribution in [0.5, 0.6) is 5.75 Å². The van der Waals surface area contributed by atoms with Crippen molar-refractivity contribution in [2.24, 2.45) is 0 Å². The summed E-state index contributed by atoms with van der Waals surface area (Å²) in [5.41, 5.74) is 3.15. The minimum absolute atomic E-state index is 0.0156. The number of rotatable bonds is 11. The van der Waals surface area contributed by atoms with Crippen molar-refractivity contribution >= 4 is 22.7 Å². The van der Waals surface area contributed by atoms with Crippen molar-refractivity contribution in [3.8, 4) is 5.75 Å². The molecule has 0 radical (unpaired) electrons. The number of para-hydroxylation sites is 2. The molecule has 2 aromatic carbocycles. The van der Waals surface area contributed by atoms with Crippen molar-refractivity contribution in [2.45, 2.75) is 19.9 Å². The van der Waals surface area contributed by atoms with Gasteiger partial charge in [0.15, 0.2) is 0 Å². The van der Waals surface area contributed by atoms with Gasteiger partial charge < -0.3 is 24.3 Å². The minimum atomic E-state index is -0.149. The van der Waals surface area contributed by atoms with Gasteiger partial charge in [-0.25, -0.2) is 0 Å². The molecule has 32 heavy (non-hydrogen) atoms. The fourth-order valence-electron chi connectivity index (χ4n) is 3.74. The van der Waals surface area contributed by atoms with Crippen LogP contribution in [0.3, 0.4) is 0 Å². The van der Waals surface area contributed by atoms with Crippen LogP contribution in [0.15, 0.2) is 54.7 Å². The highest BCUT2D eigenvalue weighted by Crippen LogP contribution is 2.22. The van der Waals surface area contributed by atoms with Gasteiger partial charge in [0.1, 0.15) is 5.75 Å². The molecule has 0 saturated carbocycles. The van der Waals surface area contributed by atoms with Crippen LogP contribution in [-0.2, 0) is 27.3 Å². The van der Waals surface area contributed by atoms with E-state index in [2.05, 4.69) is 11.1 Å². The van der Waals surface area contributed by atoms with Gasteiger partial charge in [-0.1, -0.05) is 36.4 Å². The summed E-state index contributed by atoms with van der Waals surface area (Å²) in [6.07, 6.45) is 2.69. The van der Waals surface area contributed by atoms with Crippen LogP contribution in [0.4, 0.5) is 0 Å². The first kappa shape index (κ1) is 23.3. The van der Waals surface area contributed by atoms with Crippen LogP contribution in [-0.4, -0.2) is 67.1 Å². The summed E-state index contributed by atoms with van der Waals surface area (Å²) in [6.45, 7) is 3.17. The standard InChI is InChI=1S/C25H31N3O4/c1-19(29)27(14-15-31-2)18-25(30)28(17-21-8-4-7-11-24(21)32-3)13-12-20-16-26-23-10-6-5-9-22(20)23/h4-11,16,26H,12-15,17-18H2,1-3H3. The molecule has 0 saturated heterocycles. The lowest BCUT2D eigenvalue weighted by molar-refractivity contribution is -0.140. The normalized spacial score (nSPS) is 10.8. The lowest BCUT2D eigenvalue weighted by Gasteiger charge is -2.27. The number of carbonyl (C=O) groups excluding carboxylic acids is 2. The van der Waals surface area contributed by atoms with Gasteiger partial charge in [0.25, 0.3) is 0 Å². The molecule has 170 valence electrons. The number of aromatic amines is 1. The molecule has 0 fully saturated rings. The molecular weight excluding hydrogens is 406 g/mol. The van der Waals surface area contributed by atoms with E-state index < -0.39 is 0 Å². The van der Waals surface area contributed by atoms with E-state index in [1.807, 2.05) is 48.7 Å². The largest absolute Gasteiger partial charge is 0.496 e. The number of nitrogens with zero attached hydrogens (tertiary/aromatic N) is 2. The Kier molecular flexibility index (Phi) is 8.27. The molecule has 2 amide bonds. The zero-order valence-corrected chi connectivity index (χ0v) is 19.0. The Balaban J connectivity index is 1.79. The van der Waals surface area contributed by atoms with E-state index >= 15 is 0 Å². The summed E-state index contributed by atoms with van der Waals surface area (Å²) in [4.78, 5) is 31.9. The Labute approximate surface area is 188 Å². The van der Waals surface area contributed by atoms with Gasteiger partial charge >= 0.3 is 0 Å². The maximum Gasteiger partial charge on any atom is 0.242 e. The van der Waals surface area contributed by atoms with Gasteiger partial charge in [-0.15, -0.1) is 0 Å². The topological polar surface area (TPSA) is 74.9 Å². The Morgan fingerprint density at radius 2 is 1.69 bits per heavy atom. The average Bonchev–Trinajstić information content (AvgIpc) is 3.22. The molecule has 0 atom stereocenters. The molecule has 0 aliphatic heterocycles. The zero-order valence-electron chi connectivity index (χ0n) is 19.0. The first-order valence-electron chi connectivity index (χ1n) is 10.7. The molecule has 0 unspecified atom stereocenters. The molecule has 7 nitrogen and oxygen atoms in total. The van der Waals surface area contributed by atoms with Crippen molar-refractivity contribution in [1.82, 2.24) is 14.8 Å². The number of ether oxygens (including phenoxy) is 2. The molecule has 1 heterocycles. The van der Waals surface area contributed by atoms with E-state index in [1.165, 1.54) is 11.8 Å². The SMILES string of the molecule is COCCN(CC(=O)N(CCc1c[nH]c2ccccc12)Cc1ccccc1OC)C(C)=O. The second-order valence-electron chi connectivity index (χ2n) is 7.67. The Morgan fingerprint density at radius 3 is 2.44 bits per heavy atom. The maximum atomic E-state index is 13.3. The number of amides is 2. The molecule has 1 aromatic heterocycles. The minimum Gasteiger partial charge on any atom is -0.496 e. The Morgan fingerprint density at radius 1 is 0.938 bits per heavy atom. The third kappa shape index (κ3) is 5.88. The highest BCUT2D eigenvalue weighted by Gasteiger charge is 2.21. The van der Waals surface area contributed by atoms with E-state index in [1.54, 1.807) is 19.1 Å². The average molecular weight is 438 g/mol. The predicted molar refractivity (Wildman–Crippen MR) is 125 cm³/mol.